The van der Waals surface area contributed by atoms with Crippen molar-refractivity contribution >= 4 is 30.2 Å². The molecule has 1 aliphatic heterocycles. The standard InChI is InChI=1S/C14H18FN3O2S/c1-16-21-18(6-7-19)14-12(20)3-2-11(13(14)15)8-10-4-5-17-9-10/h2-3,7-8,16-17,20H,4-6,9H2,1H3/b10-8-. The lowest BCUT2D eigenvalue weighted by molar-refractivity contribution is -0.106. The second-order valence-corrected chi connectivity index (χ2v) is 5.62. The van der Waals surface area contributed by atoms with Gasteiger partial charge in [-0.1, -0.05) is 11.6 Å². The van der Waals surface area contributed by atoms with Gasteiger partial charge >= 0.3 is 0 Å². The molecule has 0 aliphatic carbocycles. The molecule has 0 atom stereocenters. The van der Waals surface area contributed by atoms with Crippen LogP contribution in [-0.2, 0) is 4.79 Å². The van der Waals surface area contributed by atoms with Crippen molar-refractivity contribution in [2.45, 2.75) is 6.42 Å². The summed E-state index contributed by atoms with van der Waals surface area (Å²) in [6.07, 6.45) is 3.34. The molecule has 1 aromatic rings. The zero-order valence-electron chi connectivity index (χ0n) is 11.7. The molecule has 1 aliphatic rings. The molecule has 1 saturated heterocycles. The van der Waals surface area contributed by atoms with Crippen molar-refractivity contribution in [3.05, 3.63) is 29.1 Å². The van der Waals surface area contributed by atoms with Gasteiger partial charge in [0.25, 0.3) is 0 Å². The van der Waals surface area contributed by atoms with Crippen molar-refractivity contribution < 1.29 is 14.3 Å². The molecule has 0 unspecified atom stereocenters. The number of aldehydes is 1. The largest absolute Gasteiger partial charge is 0.506 e. The Bertz CT molecular complexity index is 543. The molecule has 1 fully saturated rings. The molecule has 0 amide bonds. The second kappa shape index (κ2) is 7.44. The lowest BCUT2D eigenvalue weighted by atomic mass is 10.1. The molecule has 21 heavy (non-hydrogen) atoms. The Morgan fingerprint density at radius 1 is 1.57 bits per heavy atom. The summed E-state index contributed by atoms with van der Waals surface area (Å²) >= 11 is 1.05. The summed E-state index contributed by atoms with van der Waals surface area (Å²) in [6.45, 7) is 1.61. The maximum atomic E-state index is 14.7. The van der Waals surface area contributed by atoms with Crippen LogP contribution < -0.4 is 14.3 Å². The zero-order chi connectivity index (χ0) is 15.2. The van der Waals surface area contributed by atoms with E-state index in [0.717, 1.165) is 37.2 Å². The smallest absolute Gasteiger partial charge is 0.158 e. The van der Waals surface area contributed by atoms with Gasteiger partial charge in [0.15, 0.2) is 5.82 Å². The zero-order valence-corrected chi connectivity index (χ0v) is 12.5. The van der Waals surface area contributed by atoms with Crippen molar-refractivity contribution in [3.8, 4) is 5.75 Å². The molecule has 114 valence electrons. The average Bonchev–Trinajstić information content (AvgIpc) is 2.96. The van der Waals surface area contributed by atoms with Crippen LogP contribution in [0.4, 0.5) is 10.1 Å². The molecule has 7 heteroatoms. The third-order valence-electron chi connectivity index (χ3n) is 3.15. The Morgan fingerprint density at radius 3 is 3.00 bits per heavy atom. The van der Waals surface area contributed by atoms with Crippen molar-refractivity contribution in [2.75, 3.05) is 31.0 Å². The van der Waals surface area contributed by atoms with Gasteiger partial charge in [-0.2, -0.15) is 0 Å². The Hall–Kier alpha value is -1.57. The number of aromatic hydroxyl groups is 1. The molecular formula is C14H18FN3O2S. The number of hydrogen-bond acceptors (Lipinski definition) is 6. The van der Waals surface area contributed by atoms with Gasteiger partial charge in [0.05, 0.1) is 6.54 Å². The topological polar surface area (TPSA) is 64.6 Å². The molecule has 0 spiro atoms. The number of carbonyl (C=O) groups is 1. The summed E-state index contributed by atoms with van der Waals surface area (Å²) < 4.78 is 18.8. The SMILES string of the molecule is CNSN(CC=O)c1c(O)ccc(/C=C2/CCNC2)c1F. The van der Waals surface area contributed by atoms with Crippen LogP contribution >= 0.6 is 12.1 Å². The van der Waals surface area contributed by atoms with E-state index in [1.807, 2.05) is 0 Å². The van der Waals surface area contributed by atoms with Gasteiger partial charge in [0.2, 0.25) is 0 Å². The number of benzene rings is 1. The van der Waals surface area contributed by atoms with Crippen LogP contribution in [0.1, 0.15) is 12.0 Å². The Labute approximate surface area is 127 Å². The van der Waals surface area contributed by atoms with Gasteiger partial charge in [-0.05, 0) is 32.1 Å². The van der Waals surface area contributed by atoms with Crippen LogP contribution in [0.2, 0.25) is 0 Å². The molecule has 1 heterocycles. The number of phenolic OH excluding ortho intramolecular Hbond substituents is 1. The minimum atomic E-state index is -0.529. The van der Waals surface area contributed by atoms with Crippen molar-refractivity contribution in [2.24, 2.45) is 0 Å². The van der Waals surface area contributed by atoms with E-state index >= 15 is 0 Å². The van der Waals surface area contributed by atoms with Crippen LogP contribution in [0.5, 0.6) is 5.75 Å². The molecule has 0 saturated carbocycles. The highest BCUT2D eigenvalue weighted by Crippen LogP contribution is 2.36. The van der Waals surface area contributed by atoms with E-state index in [0.29, 0.717) is 11.8 Å². The van der Waals surface area contributed by atoms with E-state index < -0.39 is 5.82 Å². The van der Waals surface area contributed by atoms with Crippen LogP contribution in [-0.4, -0.2) is 38.1 Å². The predicted octanol–water partition coefficient (Wildman–Crippen LogP) is 1.70. The molecule has 2 rings (SSSR count). The normalized spacial score (nSPS) is 16.4. The van der Waals surface area contributed by atoms with E-state index in [4.69, 9.17) is 0 Å². The molecule has 0 bridgehead atoms. The van der Waals surface area contributed by atoms with E-state index in [1.165, 1.54) is 10.4 Å². The Kier molecular flexibility index (Phi) is 5.60. The highest BCUT2D eigenvalue weighted by Gasteiger charge is 2.19. The number of carbonyl (C=O) groups excluding carboxylic acids is 1. The highest BCUT2D eigenvalue weighted by atomic mass is 32.2. The highest BCUT2D eigenvalue weighted by molar-refractivity contribution is 7.98. The average molecular weight is 311 g/mol. The first-order valence-electron chi connectivity index (χ1n) is 6.64. The van der Waals surface area contributed by atoms with Crippen molar-refractivity contribution in [1.29, 1.82) is 0 Å². The third-order valence-corrected chi connectivity index (χ3v) is 3.89. The fourth-order valence-corrected chi connectivity index (χ4v) is 2.82. The maximum Gasteiger partial charge on any atom is 0.158 e. The van der Waals surface area contributed by atoms with E-state index in [2.05, 4.69) is 10.0 Å². The lowest BCUT2D eigenvalue weighted by Gasteiger charge is -2.22. The second-order valence-electron chi connectivity index (χ2n) is 4.59. The molecule has 3 N–H and O–H groups in total. The van der Waals surface area contributed by atoms with E-state index in [9.17, 15) is 14.3 Å². The maximum absolute atomic E-state index is 14.7. The quantitative estimate of drug-likeness (QED) is 0.549. The van der Waals surface area contributed by atoms with E-state index in [1.54, 1.807) is 19.2 Å². The fraction of sp³-hybridized carbons (Fsp3) is 0.357. The minimum Gasteiger partial charge on any atom is -0.506 e. The van der Waals surface area contributed by atoms with Gasteiger partial charge in [0.1, 0.15) is 17.7 Å². The first kappa shape index (κ1) is 15.8. The number of anilines is 1. The first-order valence-corrected chi connectivity index (χ1v) is 7.41. The Balaban J connectivity index is 2.39. The van der Waals surface area contributed by atoms with Gasteiger partial charge in [-0.3, -0.25) is 4.31 Å². The number of nitrogens with one attached hydrogen (secondary N) is 2. The molecule has 0 radical (unpaired) electrons. The summed E-state index contributed by atoms with van der Waals surface area (Å²) in [5.41, 5.74) is 1.55. The molecule has 0 aromatic heterocycles. The van der Waals surface area contributed by atoms with Gasteiger partial charge in [-0.25, -0.2) is 9.11 Å². The molecule has 1 aromatic carbocycles. The van der Waals surface area contributed by atoms with Gasteiger partial charge < -0.3 is 15.2 Å². The van der Waals surface area contributed by atoms with Gasteiger partial charge in [-0.15, -0.1) is 0 Å². The molecular weight excluding hydrogens is 293 g/mol. The number of halogens is 1. The number of phenols is 1. The summed E-state index contributed by atoms with van der Waals surface area (Å²) in [7, 11) is 1.66. The van der Waals surface area contributed by atoms with Crippen molar-refractivity contribution in [3.63, 3.8) is 0 Å². The van der Waals surface area contributed by atoms with Crippen LogP contribution in [0.25, 0.3) is 6.08 Å². The number of nitrogens with zero attached hydrogens (tertiary/aromatic N) is 1. The summed E-state index contributed by atoms with van der Waals surface area (Å²) in [6, 6.07) is 2.99. The lowest BCUT2D eigenvalue weighted by Crippen LogP contribution is -2.22. The Morgan fingerprint density at radius 2 is 2.38 bits per heavy atom. The summed E-state index contributed by atoms with van der Waals surface area (Å²) in [5, 5.41) is 13.1. The van der Waals surface area contributed by atoms with Crippen LogP contribution in [0.3, 0.4) is 0 Å². The monoisotopic (exact) mass is 311 g/mol. The summed E-state index contributed by atoms with van der Waals surface area (Å²) in [5.74, 6) is -0.720. The number of rotatable bonds is 6. The van der Waals surface area contributed by atoms with Crippen LogP contribution in [0.15, 0.2) is 17.7 Å². The van der Waals surface area contributed by atoms with E-state index in [-0.39, 0.29) is 18.0 Å². The van der Waals surface area contributed by atoms with Crippen LogP contribution in [0, 0.1) is 5.82 Å². The predicted molar refractivity (Wildman–Crippen MR) is 83.6 cm³/mol. The number of hydrogen-bond donors (Lipinski definition) is 3. The fourth-order valence-electron chi connectivity index (χ4n) is 2.20. The van der Waals surface area contributed by atoms with Gasteiger partial charge in [0, 0.05) is 24.2 Å². The molecule has 5 nitrogen and oxygen atoms in total. The first-order chi connectivity index (χ1) is 10.2. The minimum absolute atomic E-state index is 0.0155. The van der Waals surface area contributed by atoms with Crippen molar-refractivity contribution in [1.82, 2.24) is 10.0 Å². The summed E-state index contributed by atoms with van der Waals surface area (Å²) in [4.78, 5) is 10.7. The third kappa shape index (κ3) is 3.75.